The van der Waals surface area contributed by atoms with E-state index in [0.717, 1.165) is 16.9 Å². The minimum Gasteiger partial charge on any atom is -0.493 e. The largest absolute Gasteiger partial charge is 0.493 e. The maximum atomic E-state index is 12.8. The van der Waals surface area contributed by atoms with Crippen LogP contribution in [0.3, 0.4) is 0 Å². The van der Waals surface area contributed by atoms with Crippen LogP contribution in [0.4, 0.5) is 0 Å². The fraction of sp³-hybridized carbons (Fsp3) is 0.240. The molecule has 0 saturated heterocycles. The minimum absolute atomic E-state index is 0.145. The highest BCUT2D eigenvalue weighted by molar-refractivity contribution is 6.30. The summed E-state index contributed by atoms with van der Waals surface area (Å²) in [4.78, 5) is 12.8. The van der Waals surface area contributed by atoms with E-state index in [1.165, 1.54) is 5.56 Å². The first kappa shape index (κ1) is 21.7. The van der Waals surface area contributed by atoms with Gasteiger partial charge in [0.2, 0.25) is 0 Å². The van der Waals surface area contributed by atoms with E-state index in [2.05, 4.69) is 5.32 Å². The van der Waals surface area contributed by atoms with Gasteiger partial charge in [-0.2, -0.15) is 0 Å². The van der Waals surface area contributed by atoms with Gasteiger partial charge in [0.25, 0.3) is 5.91 Å². The molecule has 4 nitrogen and oxygen atoms in total. The Kier molecular flexibility index (Phi) is 7.36. The molecule has 1 unspecified atom stereocenters. The SMILES string of the molecule is CCOc1ccc(C(=O)NC(C)c2ccc(Cl)cc2)cc1COc1ccc(C)cc1. The van der Waals surface area contributed by atoms with E-state index >= 15 is 0 Å². The van der Waals surface area contributed by atoms with Crippen molar-refractivity contribution in [2.24, 2.45) is 0 Å². The molecule has 0 bridgehead atoms. The minimum atomic E-state index is -0.155. The molecule has 0 spiro atoms. The van der Waals surface area contributed by atoms with E-state index in [1.807, 2.05) is 81.4 Å². The first-order valence-electron chi connectivity index (χ1n) is 9.97. The van der Waals surface area contributed by atoms with Gasteiger partial charge in [-0.25, -0.2) is 0 Å². The second-order valence-corrected chi connectivity index (χ2v) is 7.54. The lowest BCUT2D eigenvalue weighted by Crippen LogP contribution is -2.26. The van der Waals surface area contributed by atoms with Crippen molar-refractivity contribution in [2.75, 3.05) is 6.61 Å². The molecule has 0 aromatic heterocycles. The average molecular weight is 424 g/mol. The Hall–Kier alpha value is -2.98. The zero-order valence-electron chi connectivity index (χ0n) is 17.4. The highest BCUT2D eigenvalue weighted by Gasteiger charge is 2.14. The molecule has 0 heterocycles. The number of hydrogen-bond donors (Lipinski definition) is 1. The quantitative estimate of drug-likeness (QED) is 0.475. The summed E-state index contributed by atoms with van der Waals surface area (Å²) in [6, 6.07) is 20.6. The van der Waals surface area contributed by atoms with E-state index < -0.39 is 0 Å². The second-order valence-electron chi connectivity index (χ2n) is 7.10. The van der Waals surface area contributed by atoms with Gasteiger partial charge in [0, 0.05) is 16.1 Å². The van der Waals surface area contributed by atoms with Gasteiger partial charge in [0.05, 0.1) is 12.6 Å². The molecular weight excluding hydrogens is 398 g/mol. The molecule has 5 heteroatoms. The van der Waals surface area contributed by atoms with E-state index in [0.29, 0.717) is 29.5 Å². The summed E-state index contributed by atoms with van der Waals surface area (Å²) in [5.74, 6) is 1.33. The third kappa shape index (κ3) is 5.77. The monoisotopic (exact) mass is 423 g/mol. The molecule has 0 aliphatic carbocycles. The molecule has 0 radical (unpaired) electrons. The van der Waals surface area contributed by atoms with Gasteiger partial charge in [-0.3, -0.25) is 4.79 Å². The normalized spacial score (nSPS) is 11.6. The van der Waals surface area contributed by atoms with Gasteiger partial charge >= 0.3 is 0 Å². The fourth-order valence-electron chi connectivity index (χ4n) is 3.04. The van der Waals surface area contributed by atoms with E-state index in [4.69, 9.17) is 21.1 Å². The summed E-state index contributed by atoms with van der Waals surface area (Å²) < 4.78 is 11.6. The molecule has 0 saturated carbocycles. The predicted molar refractivity (Wildman–Crippen MR) is 120 cm³/mol. The standard InChI is InChI=1S/C25H26ClNO3/c1-4-29-24-14-9-20(15-21(24)16-30-23-12-5-17(2)6-13-23)25(28)27-18(3)19-7-10-22(26)11-8-19/h5-15,18H,4,16H2,1-3H3,(H,27,28). The Balaban J connectivity index is 1.73. The molecular formula is C25H26ClNO3. The number of carbonyl (C=O) groups is 1. The number of halogens is 1. The maximum Gasteiger partial charge on any atom is 0.251 e. The number of rotatable bonds is 8. The van der Waals surface area contributed by atoms with Crippen LogP contribution in [0.5, 0.6) is 11.5 Å². The van der Waals surface area contributed by atoms with Crippen molar-refractivity contribution >= 4 is 17.5 Å². The molecule has 1 N–H and O–H groups in total. The van der Waals surface area contributed by atoms with Gasteiger partial charge < -0.3 is 14.8 Å². The lowest BCUT2D eigenvalue weighted by Gasteiger charge is -2.16. The zero-order chi connectivity index (χ0) is 21.5. The summed E-state index contributed by atoms with van der Waals surface area (Å²) in [7, 11) is 0. The Labute approximate surface area is 182 Å². The van der Waals surface area contributed by atoms with Gasteiger partial charge in [-0.05, 0) is 68.8 Å². The van der Waals surface area contributed by atoms with Crippen molar-refractivity contribution in [2.45, 2.75) is 33.4 Å². The van der Waals surface area contributed by atoms with Crippen LogP contribution in [-0.4, -0.2) is 12.5 Å². The molecule has 0 aliphatic heterocycles. The number of benzene rings is 3. The highest BCUT2D eigenvalue weighted by Crippen LogP contribution is 2.24. The molecule has 1 amide bonds. The van der Waals surface area contributed by atoms with Crippen molar-refractivity contribution in [3.63, 3.8) is 0 Å². The number of hydrogen-bond acceptors (Lipinski definition) is 3. The smallest absolute Gasteiger partial charge is 0.251 e. The Morgan fingerprint density at radius 2 is 1.70 bits per heavy atom. The molecule has 3 rings (SSSR count). The lowest BCUT2D eigenvalue weighted by molar-refractivity contribution is 0.0939. The summed E-state index contributed by atoms with van der Waals surface area (Å²) in [5, 5.41) is 3.70. The summed E-state index contributed by atoms with van der Waals surface area (Å²) in [6.45, 7) is 6.75. The van der Waals surface area contributed by atoms with Crippen LogP contribution in [0.15, 0.2) is 66.7 Å². The Morgan fingerprint density at radius 3 is 2.37 bits per heavy atom. The Morgan fingerprint density at radius 1 is 1.00 bits per heavy atom. The first-order valence-corrected chi connectivity index (χ1v) is 10.4. The summed E-state index contributed by atoms with van der Waals surface area (Å²) in [5.41, 5.74) is 3.54. The first-order chi connectivity index (χ1) is 14.5. The molecule has 3 aromatic carbocycles. The van der Waals surface area contributed by atoms with Crippen LogP contribution in [0.1, 0.15) is 46.9 Å². The average Bonchev–Trinajstić information content (AvgIpc) is 2.74. The van der Waals surface area contributed by atoms with Crippen LogP contribution in [0.2, 0.25) is 5.02 Å². The summed E-state index contributed by atoms with van der Waals surface area (Å²) in [6.07, 6.45) is 0. The van der Waals surface area contributed by atoms with Crippen molar-refractivity contribution in [3.05, 3.63) is 94.0 Å². The van der Waals surface area contributed by atoms with Gasteiger partial charge in [0.1, 0.15) is 18.1 Å². The third-order valence-electron chi connectivity index (χ3n) is 4.76. The molecule has 1 atom stereocenters. The van der Waals surface area contributed by atoms with Crippen LogP contribution in [-0.2, 0) is 6.61 Å². The highest BCUT2D eigenvalue weighted by atomic mass is 35.5. The van der Waals surface area contributed by atoms with E-state index in [1.54, 1.807) is 6.07 Å². The summed E-state index contributed by atoms with van der Waals surface area (Å²) >= 11 is 5.95. The number of amides is 1. The topological polar surface area (TPSA) is 47.6 Å². The number of ether oxygens (including phenoxy) is 2. The van der Waals surface area contributed by atoms with Gasteiger partial charge in [-0.1, -0.05) is 41.4 Å². The predicted octanol–water partition coefficient (Wildman–Crippen LogP) is 6.12. The van der Waals surface area contributed by atoms with Crippen LogP contribution in [0, 0.1) is 6.92 Å². The Bertz CT molecular complexity index is 984. The van der Waals surface area contributed by atoms with E-state index in [-0.39, 0.29) is 11.9 Å². The van der Waals surface area contributed by atoms with E-state index in [9.17, 15) is 4.79 Å². The number of carbonyl (C=O) groups excluding carboxylic acids is 1. The van der Waals surface area contributed by atoms with Crippen LogP contribution >= 0.6 is 11.6 Å². The maximum absolute atomic E-state index is 12.8. The van der Waals surface area contributed by atoms with Gasteiger partial charge in [0.15, 0.2) is 0 Å². The van der Waals surface area contributed by atoms with Crippen molar-refractivity contribution in [1.82, 2.24) is 5.32 Å². The number of aryl methyl sites for hydroxylation is 1. The molecule has 156 valence electrons. The van der Waals surface area contributed by atoms with Crippen LogP contribution < -0.4 is 14.8 Å². The third-order valence-corrected chi connectivity index (χ3v) is 5.01. The van der Waals surface area contributed by atoms with Crippen molar-refractivity contribution < 1.29 is 14.3 Å². The van der Waals surface area contributed by atoms with Crippen LogP contribution in [0.25, 0.3) is 0 Å². The zero-order valence-corrected chi connectivity index (χ0v) is 18.2. The number of nitrogens with one attached hydrogen (secondary N) is 1. The van der Waals surface area contributed by atoms with Crippen molar-refractivity contribution in [1.29, 1.82) is 0 Å². The molecule has 3 aromatic rings. The fourth-order valence-corrected chi connectivity index (χ4v) is 3.17. The molecule has 0 fully saturated rings. The molecule has 30 heavy (non-hydrogen) atoms. The lowest BCUT2D eigenvalue weighted by atomic mass is 10.1. The van der Waals surface area contributed by atoms with Crippen molar-refractivity contribution in [3.8, 4) is 11.5 Å². The van der Waals surface area contributed by atoms with Gasteiger partial charge in [-0.15, -0.1) is 0 Å². The second kappa shape index (κ2) is 10.2. The molecule has 0 aliphatic rings.